The lowest BCUT2D eigenvalue weighted by molar-refractivity contribution is -0.118. The van der Waals surface area contributed by atoms with E-state index in [-0.39, 0.29) is 24.3 Å². The van der Waals surface area contributed by atoms with Crippen LogP contribution in [-0.2, 0) is 11.3 Å². The van der Waals surface area contributed by atoms with E-state index in [1.807, 2.05) is 30.5 Å². The largest absolute Gasteiger partial charge is 0.507 e. The summed E-state index contributed by atoms with van der Waals surface area (Å²) < 4.78 is 1.63. The highest BCUT2D eigenvalue weighted by atomic mass is 35.5. The number of hydrogen-bond acceptors (Lipinski definition) is 5. The monoisotopic (exact) mass is 440 g/mol. The van der Waals surface area contributed by atoms with Crippen LogP contribution in [0.4, 0.5) is 5.69 Å². The van der Waals surface area contributed by atoms with Crippen molar-refractivity contribution in [3.63, 3.8) is 0 Å². The van der Waals surface area contributed by atoms with E-state index in [9.17, 15) is 15.0 Å². The number of rotatable bonds is 6. The van der Waals surface area contributed by atoms with Gasteiger partial charge in [-0.3, -0.25) is 9.48 Å². The fraction of sp³-hybridized carbons (Fsp3) is 0.304. The van der Waals surface area contributed by atoms with Crippen molar-refractivity contribution in [1.29, 1.82) is 0 Å². The maximum Gasteiger partial charge on any atom is 0.241 e. The average molecular weight is 441 g/mol. The lowest BCUT2D eigenvalue weighted by atomic mass is 10.0. The number of aromatic nitrogens is 2. The summed E-state index contributed by atoms with van der Waals surface area (Å²) in [5.74, 6) is 0.0523. The molecule has 2 heterocycles. The highest BCUT2D eigenvalue weighted by Crippen LogP contribution is 2.37. The van der Waals surface area contributed by atoms with E-state index in [1.54, 1.807) is 16.8 Å². The lowest BCUT2D eigenvalue weighted by Crippen LogP contribution is -2.43. The fourth-order valence-corrected chi connectivity index (χ4v) is 3.96. The van der Waals surface area contributed by atoms with Gasteiger partial charge in [0.05, 0.1) is 19.2 Å². The summed E-state index contributed by atoms with van der Waals surface area (Å²) in [6, 6.07) is 12.2. The second-order valence-corrected chi connectivity index (χ2v) is 8.05. The van der Waals surface area contributed by atoms with Gasteiger partial charge in [0, 0.05) is 28.0 Å². The Morgan fingerprint density at radius 3 is 2.71 bits per heavy atom. The number of piperidine rings is 1. The smallest absolute Gasteiger partial charge is 0.241 e. The average Bonchev–Trinajstić information content (AvgIpc) is 3.20. The van der Waals surface area contributed by atoms with Crippen LogP contribution in [0.1, 0.15) is 19.3 Å². The van der Waals surface area contributed by atoms with Crippen LogP contribution >= 0.6 is 11.6 Å². The first kappa shape index (κ1) is 21.4. The first-order chi connectivity index (χ1) is 15.0. The number of amides is 1. The minimum atomic E-state index is -0.150. The molecule has 0 unspecified atom stereocenters. The number of halogens is 1. The van der Waals surface area contributed by atoms with Crippen molar-refractivity contribution in [2.45, 2.75) is 31.8 Å². The number of phenolic OH excluding ortho intramolecular Hbond substituents is 1. The predicted octanol–water partition coefficient (Wildman–Crippen LogP) is 3.65. The van der Waals surface area contributed by atoms with Crippen molar-refractivity contribution in [3.05, 3.63) is 53.7 Å². The van der Waals surface area contributed by atoms with Gasteiger partial charge in [0.15, 0.2) is 0 Å². The van der Waals surface area contributed by atoms with E-state index in [0.29, 0.717) is 22.8 Å². The number of carbonyl (C=O) groups excluding carboxylic acids is 1. The van der Waals surface area contributed by atoms with Crippen LogP contribution < -0.4 is 10.6 Å². The number of aromatic hydroxyl groups is 1. The summed E-state index contributed by atoms with van der Waals surface area (Å²) in [6.45, 7) is 1.15. The zero-order chi connectivity index (χ0) is 21.8. The molecule has 1 saturated heterocycles. The summed E-state index contributed by atoms with van der Waals surface area (Å²) in [5.41, 5.74) is 3.46. The third-order valence-electron chi connectivity index (χ3n) is 5.39. The molecule has 7 nitrogen and oxygen atoms in total. The first-order valence-electron chi connectivity index (χ1n) is 10.4. The van der Waals surface area contributed by atoms with E-state index in [1.165, 1.54) is 6.07 Å². The molecule has 1 aromatic heterocycles. The molecule has 0 spiro atoms. The molecule has 0 bridgehead atoms. The van der Waals surface area contributed by atoms with Crippen molar-refractivity contribution in [2.75, 3.05) is 18.5 Å². The van der Waals surface area contributed by atoms with Gasteiger partial charge in [-0.2, -0.15) is 5.10 Å². The number of benzene rings is 2. The summed E-state index contributed by atoms with van der Waals surface area (Å²) >= 11 is 6.14. The zero-order valence-corrected chi connectivity index (χ0v) is 17.8. The van der Waals surface area contributed by atoms with Crippen LogP contribution in [0.25, 0.3) is 22.4 Å². The summed E-state index contributed by atoms with van der Waals surface area (Å²) in [6.07, 6.45) is 4.83. The summed E-state index contributed by atoms with van der Waals surface area (Å²) in [7, 11) is 0. The van der Waals surface area contributed by atoms with Gasteiger partial charge < -0.3 is 20.8 Å². The second kappa shape index (κ2) is 9.51. The molecule has 0 aliphatic carbocycles. The van der Waals surface area contributed by atoms with Gasteiger partial charge in [0.25, 0.3) is 0 Å². The Labute approximate surface area is 185 Å². The molecule has 31 heavy (non-hydrogen) atoms. The maximum atomic E-state index is 12.5. The second-order valence-electron chi connectivity index (χ2n) is 7.61. The SMILES string of the molecule is O=C(Nc1ccc(-c2cn(CCO)nc2-c2cc(Cl)ccc2O)cc1)[C@@H]1CCCCN1. The molecule has 1 atom stereocenters. The van der Waals surface area contributed by atoms with Crippen molar-refractivity contribution >= 4 is 23.2 Å². The third-order valence-corrected chi connectivity index (χ3v) is 5.63. The van der Waals surface area contributed by atoms with Gasteiger partial charge in [-0.05, 0) is 55.3 Å². The Balaban J connectivity index is 1.61. The molecule has 1 amide bonds. The fourth-order valence-electron chi connectivity index (χ4n) is 3.78. The van der Waals surface area contributed by atoms with Crippen molar-refractivity contribution < 1.29 is 15.0 Å². The molecule has 0 radical (unpaired) electrons. The minimum Gasteiger partial charge on any atom is -0.507 e. The maximum absolute atomic E-state index is 12.5. The predicted molar refractivity (Wildman–Crippen MR) is 121 cm³/mol. The van der Waals surface area contributed by atoms with Gasteiger partial charge in [0.2, 0.25) is 5.91 Å². The molecular weight excluding hydrogens is 416 g/mol. The molecule has 1 fully saturated rings. The van der Waals surface area contributed by atoms with Gasteiger partial charge in [-0.1, -0.05) is 30.2 Å². The quantitative estimate of drug-likeness (QED) is 0.469. The first-order valence-corrected chi connectivity index (χ1v) is 10.7. The molecule has 4 rings (SSSR count). The topological polar surface area (TPSA) is 99.4 Å². The molecular formula is C23H25ClN4O3. The van der Waals surface area contributed by atoms with Crippen molar-refractivity contribution in [2.24, 2.45) is 0 Å². The van der Waals surface area contributed by atoms with Crippen LogP contribution in [0, 0.1) is 0 Å². The van der Waals surface area contributed by atoms with E-state index in [4.69, 9.17) is 11.6 Å². The van der Waals surface area contributed by atoms with E-state index in [2.05, 4.69) is 15.7 Å². The number of aliphatic hydroxyl groups is 1. The standard InChI is InChI=1S/C23H25ClN4O3/c24-16-6-9-21(30)18(13-16)22-19(14-28(27-22)11-12-29)15-4-7-17(8-5-15)26-23(31)20-3-1-2-10-25-20/h4-9,13-14,20,25,29-30H,1-3,10-12H2,(H,26,31)/t20-/m0/s1. The molecule has 0 saturated carbocycles. The van der Waals surface area contributed by atoms with Crippen molar-refractivity contribution in [1.82, 2.24) is 15.1 Å². The van der Waals surface area contributed by atoms with Gasteiger partial charge in [-0.15, -0.1) is 0 Å². The van der Waals surface area contributed by atoms with E-state index < -0.39 is 0 Å². The Bertz CT molecular complexity index is 1060. The molecule has 8 heteroatoms. The van der Waals surface area contributed by atoms with Crippen LogP contribution in [0.15, 0.2) is 48.7 Å². The zero-order valence-electron chi connectivity index (χ0n) is 17.0. The number of phenols is 1. The molecule has 4 N–H and O–H groups in total. The summed E-state index contributed by atoms with van der Waals surface area (Å²) in [5, 5.41) is 30.9. The van der Waals surface area contributed by atoms with Crippen LogP contribution in [-0.4, -0.2) is 45.1 Å². The number of nitrogens with zero attached hydrogens (tertiary/aromatic N) is 2. The Hall–Kier alpha value is -2.87. The van der Waals surface area contributed by atoms with Crippen LogP contribution in [0.3, 0.4) is 0 Å². The normalized spacial score (nSPS) is 16.3. The number of aliphatic hydroxyl groups excluding tert-OH is 1. The Morgan fingerprint density at radius 2 is 2.00 bits per heavy atom. The van der Waals surface area contributed by atoms with E-state index >= 15 is 0 Å². The van der Waals surface area contributed by atoms with Crippen molar-refractivity contribution in [3.8, 4) is 28.1 Å². The number of carbonyl (C=O) groups is 1. The third kappa shape index (κ3) is 4.90. The molecule has 3 aromatic rings. The minimum absolute atomic E-state index is 0.0206. The molecule has 162 valence electrons. The number of hydrogen-bond donors (Lipinski definition) is 4. The van der Waals surface area contributed by atoms with E-state index in [0.717, 1.165) is 42.6 Å². The Morgan fingerprint density at radius 1 is 1.19 bits per heavy atom. The van der Waals surface area contributed by atoms with Crippen LogP contribution in [0.5, 0.6) is 5.75 Å². The lowest BCUT2D eigenvalue weighted by Gasteiger charge is -2.22. The van der Waals surface area contributed by atoms with Gasteiger partial charge >= 0.3 is 0 Å². The Kier molecular flexibility index (Phi) is 6.56. The highest BCUT2D eigenvalue weighted by molar-refractivity contribution is 6.31. The van der Waals surface area contributed by atoms with Crippen LogP contribution in [0.2, 0.25) is 5.02 Å². The molecule has 1 aliphatic rings. The number of nitrogens with one attached hydrogen (secondary N) is 2. The molecule has 2 aromatic carbocycles. The molecule has 1 aliphatic heterocycles. The number of anilines is 1. The van der Waals surface area contributed by atoms with Gasteiger partial charge in [-0.25, -0.2) is 0 Å². The summed E-state index contributed by atoms with van der Waals surface area (Å²) in [4.78, 5) is 12.5. The highest BCUT2D eigenvalue weighted by Gasteiger charge is 2.21. The van der Waals surface area contributed by atoms with Gasteiger partial charge in [0.1, 0.15) is 11.4 Å².